The minimum absolute atomic E-state index is 0.151. The molecule has 0 aliphatic rings. The van der Waals surface area contributed by atoms with Crippen LogP contribution in [0.15, 0.2) is 53.0 Å². The van der Waals surface area contributed by atoms with Crippen LogP contribution in [0.4, 0.5) is 5.69 Å². The Labute approximate surface area is 125 Å². The molecule has 0 saturated heterocycles. The Bertz CT molecular complexity index is 598. The van der Waals surface area contributed by atoms with Gasteiger partial charge in [0.05, 0.1) is 7.11 Å². The first-order chi connectivity index (χ1) is 9.61. The van der Waals surface area contributed by atoms with Gasteiger partial charge in [0.2, 0.25) is 0 Å². The molecule has 2 rings (SSSR count). The molecule has 4 nitrogen and oxygen atoms in total. The van der Waals surface area contributed by atoms with Gasteiger partial charge in [0, 0.05) is 10.2 Å². The van der Waals surface area contributed by atoms with Gasteiger partial charge in [-0.3, -0.25) is 0 Å². The number of hydrogen-bond acceptors (Lipinski definition) is 4. The number of rotatable bonds is 4. The number of methoxy groups -OCH3 is 1. The number of carbonyl (C=O) groups is 1. The Kier molecular flexibility index (Phi) is 4.63. The smallest absolute Gasteiger partial charge is 0.332 e. The third-order valence-corrected chi connectivity index (χ3v) is 3.53. The number of ether oxygens (including phenoxy) is 1. The van der Waals surface area contributed by atoms with Crippen LogP contribution in [0.5, 0.6) is 5.75 Å². The van der Waals surface area contributed by atoms with Gasteiger partial charge in [-0.2, -0.15) is 0 Å². The molecule has 0 radical (unpaired) electrons. The Balaban J connectivity index is 2.31. The first kappa shape index (κ1) is 14.4. The topological polar surface area (TPSA) is 58.6 Å². The maximum absolute atomic E-state index is 12.0. The lowest BCUT2D eigenvalue weighted by molar-refractivity contribution is -0.141. The minimum Gasteiger partial charge on any atom is -0.508 e. The van der Waals surface area contributed by atoms with E-state index in [2.05, 4.69) is 21.2 Å². The lowest BCUT2D eigenvalue weighted by Crippen LogP contribution is -2.22. The van der Waals surface area contributed by atoms with Crippen LogP contribution in [0, 0.1) is 0 Å². The van der Waals surface area contributed by atoms with Gasteiger partial charge >= 0.3 is 5.97 Å². The maximum atomic E-state index is 12.0. The van der Waals surface area contributed by atoms with Gasteiger partial charge in [0.15, 0.2) is 6.04 Å². The van der Waals surface area contributed by atoms with E-state index in [1.807, 2.05) is 24.3 Å². The summed E-state index contributed by atoms with van der Waals surface area (Å²) in [5, 5.41) is 12.5. The lowest BCUT2D eigenvalue weighted by Gasteiger charge is -2.19. The molecule has 104 valence electrons. The van der Waals surface area contributed by atoms with Crippen molar-refractivity contribution in [3.05, 3.63) is 58.6 Å². The summed E-state index contributed by atoms with van der Waals surface area (Å²) < 4.78 is 5.68. The largest absolute Gasteiger partial charge is 0.508 e. The second-order valence-corrected chi connectivity index (χ2v) is 5.03. The Morgan fingerprint density at radius 3 is 2.45 bits per heavy atom. The summed E-state index contributed by atoms with van der Waals surface area (Å²) in [6.45, 7) is 0. The number of esters is 1. The molecule has 2 N–H and O–H groups in total. The Morgan fingerprint density at radius 2 is 1.85 bits per heavy atom. The lowest BCUT2D eigenvalue weighted by atomic mass is 10.1. The number of nitrogens with one attached hydrogen (secondary N) is 1. The number of anilines is 1. The average molecular weight is 336 g/mol. The molecule has 2 aromatic rings. The van der Waals surface area contributed by atoms with Crippen LogP contribution in [0.1, 0.15) is 11.6 Å². The first-order valence-electron chi connectivity index (χ1n) is 5.99. The quantitative estimate of drug-likeness (QED) is 0.840. The second-order valence-electron chi connectivity index (χ2n) is 4.17. The molecule has 0 bridgehead atoms. The monoisotopic (exact) mass is 335 g/mol. The zero-order valence-electron chi connectivity index (χ0n) is 10.8. The molecule has 1 unspecified atom stereocenters. The highest BCUT2D eigenvalue weighted by Gasteiger charge is 2.21. The summed E-state index contributed by atoms with van der Waals surface area (Å²) in [7, 11) is 1.34. The molecule has 20 heavy (non-hydrogen) atoms. The fraction of sp³-hybridized carbons (Fsp3) is 0.133. The molecule has 0 aliphatic heterocycles. The molecule has 2 aromatic carbocycles. The molecular weight excluding hydrogens is 322 g/mol. The van der Waals surface area contributed by atoms with Crippen LogP contribution in [0.3, 0.4) is 0 Å². The molecule has 5 heteroatoms. The molecule has 0 amide bonds. The van der Waals surface area contributed by atoms with E-state index in [0.29, 0.717) is 5.56 Å². The number of halogens is 1. The van der Waals surface area contributed by atoms with E-state index < -0.39 is 12.0 Å². The predicted molar refractivity (Wildman–Crippen MR) is 80.6 cm³/mol. The summed E-state index contributed by atoms with van der Waals surface area (Å²) in [6.07, 6.45) is 0. The van der Waals surface area contributed by atoms with E-state index >= 15 is 0 Å². The molecule has 1 atom stereocenters. The maximum Gasteiger partial charge on any atom is 0.332 e. The van der Waals surface area contributed by atoms with E-state index in [1.165, 1.54) is 19.2 Å². The molecule has 0 spiro atoms. The van der Waals surface area contributed by atoms with Crippen LogP contribution in [0.25, 0.3) is 0 Å². The van der Waals surface area contributed by atoms with Crippen molar-refractivity contribution in [3.63, 3.8) is 0 Å². The van der Waals surface area contributed by atoms with Crippen molar-refractivity contribution in [2.75, 3.05) is 12.4 Å². The van der Waals surface area contributed by atoms with Crippen molar-refractivity contribution in [2.45, 2.75) is 6.04 Å². The first-order valence-corrected chi connectivity index (χ1v) is 6.79. The van der Waals surface area contributed by atoms with Crippen molar-refractivity contribution in [2.24, 2.45) is 0 Å². The number of para-hydroxylation sites is 1. The highest BCUT2D eigenvalue weighted by atomic mass is 79.9. The normalized spacial score (nSPS) is 11.7. The van der Waals surface area contributed by atoms with E-state index in [1.54, 1.807) is 12.1 Å². The molecule has 0 heterocycles. The van der Waals surface area contributed by atoms with E-state index in [-0.39, 0.29) is 5.75 Å². The van der Waals surface area contributed by atoms with Gasteiger partial charge < -0.3 is 15.2 Å². The fourth-order valence-electron chi connectivity index (χ4n) is 1.80. The minimum atomic E-state index is -0.640. The van der Waals surface area contributed by atoms with Crippen LogP contribution in [0.2, 0.25) is 0 Å². The van der Waals surface area contributed by atoms with Gasteiger partial charge in [-0.1, -0.05) is 24.3 Å². The summed E-state index contributed by atoms with van der Waals surface area (Å²) in [5.41, 5.74) is 1.50. The molecule has 0 fully saturated rings. The summed E-state index contributed by atoms with van der Waals surface area (Å²) in [5.74, 6) is -0.246. The molecule has 0 aliphatic carbocycles. The number of hydrogen-bond donors (Lipinski definition) is 2. The van der Waals surface area contributed by atoms with Gasteiger partial charge in [0.1, 0.15) is 5.75 Å². The van der Waals surface area contributed by atoms with E-state index in [4.69, 9.17) is 4.74 Å². The number of benzene rings is 2. The van der Waals surface area contributed by atoms with Crippen molar-refractivity contribution in [1.29, 1.82) is 0 Å². The third-order valence-electron chi connectivity index (χ3n) is 2.84. The van der Waals surface area contributed by atoms with Crippen molar-refractivity contribution in [1.82, 2.24) is 0 Å². The van der Waals surface area contributed by atoms with Crippen molar-refractivity contribution < 1.29 is 14.6 Å². The molecular formula is C15H14BrNO3. The van der Waals surface area contributed by atoms with Gasteiger partial charge in [0.25, 0.3) is 0 Å². The van der Waals surface area contributed by atoms with E-state index in [9.17, 15) is 9.90 Å². The zero-order valence-corrected chi connectivity index (χ0v) is 12.4. The van der Waals surface area contributed by atoms with Crippen LogP contribution in [-0.4, -0.2) is 18.2 Å². The SMILES string of the molecule is COC(=O)C(Nc1ccccc1Br)c1ccc(O)cc1. The number of phenols is 1. The highest BCUT2D eigenvalue weighted by Crippen LogP contribution is 2.27. The van der Waals surface area contributed by atoms with E-state index in [0.717, 1.165) is 10.2 Å². The van der Waals surface area contributed by atoms with Gasteiger partial charge in [-0.15, -0.1) is 0 Å². The molecule has 0 aromatic heterocycles. The Hall–Kier alpha value is -2.01. The van der Waals surface area contributed by atoms with Gasteiger partial charge in [-0.05, 0) is 45.8 Å². The van der Waals surface area contributed by atoms with Crippen LogP contribution in [-0.2, 0) is 9.53 Å². The zero-order chi connectivity index (χ0) is 14.5. The third kappa shape index (κ3) is 3.30. The average Bonchev–Trinajstić information content (AvgIpc) is 2.47. The van der Waals surface area contributed by atoms with Crippen LogP contribution < -0.4 is 5.32 Å². The number of phenolic OH excluding ortho intramolecular Hbond substituents is 1. The van der Waals surface area contributed by atoms with Gasteiger partial charge in [-0.25, -0.2) is 4.79 Å². The Morgan fingerprint density at radius 1 is 1.20 bits per heavy atom. The highest BCUT2D eigenvalue weighted by molar-refractivity contribution is 9.10. The summed E-state index contributed by atoms with van der Waals surface area (Å²) >= 11 is 3.43. The second kappa shape index (κ2) is 6.43. The summed E-state index contributed by atoms with van der Waals surface area (Å²) in [6, 6.07) is 13.3. The number of aromatic hydroxyl groups is 1. The van der Waals surface area contributed by atoms with Crippen molar-refractivity contribution in [3.8, 4) is 5.75 Å². The van der Waals surface area contributed by atoms with Crippen LogP contribution >= 0.6 is 15.9 Å². The molecule has 0 saturated carbocycles. The number of carbonyl (C=O) groups excluding carboxylic acids is 1. The standard InChI is InChI=1S/C15H14BrNO3/c1-20-15(19)14(10-6-8-11(18)9-7-10)17-13-5-3-2-4-12(13)16/h2-9,14,17-18H,1H3. The van der Waals surface area contributed by atoms with Crippen molar-refractivity contribution >= 4 is 27.6 Å². The predicted octanol–water partition coefficient (Wildman–Crippen LogP) is 3.48. The summed E-state index contributed by atoms with van der Waals surface area (Å²) in [4.78, 5) is 12.0. The fourth-order valence-corrected chi connectivity index (χ4v) is 2.20.